The number of benzene rings is 1. The lowest BCUT2D eigenvalue weighted by Gasteiger charge is -2.14. The molecule has 0 saturated heterocycles. The zero-order valence-electron chi connectivity index (χ0n) is 7.77. The molecular weight excluding hydrogens is 222 g/mol. The molecule has 0 aliphatic carbocycles. The van der Waals surface area contributed by atoms with Crippen LogP contribution in [-0.4, -0.2) is 19.3 Å². The van der Waals surface area contributed by atoms with Crippen LogP contribution in [-0.2, 0) is 10.0 Å². The van der Waals surface area contributed by atoms with Crippen molar-refractivity contribution in [2.75, 3.05) is 6.54 Å². The summed E-state index contributed by atoms with van der Waals surface area (Å²) in [6.07, 6.45) is 0. The minimum atomic E-state index is -3.44. The quantitative estimate of drug-likeness (QED) is 0.801. The molecule has 0 fully saturated rings. The summed E-state index contributed by atoms with van der Waals surface area (Å²) in [6, 6.07) is 6.01. The maximum atomic E-state index is 11.7. The molecule has 0 aliphatic heterocycles. The Kier molecular flexibility index (Phi) is 3.53. The van der Waals surface area contributed by atoms with Crippen LogP contribution in [0.4, 0.5) is 0 Å². The lowest BCUT2D eigenvalue weighted by Crippen LogP contribution is -2.24. The fourth-order valence-electron chi connectivity index (χ4n) is 0.926. The van der Waals surface area contributed by atoms with Gasteiger partial charge < -0.3 is 0 Å². The molecule has 0 aliphatic rings. The van der Waals surface area contributed by atoms with Crippen LogP contribution in [0.5, 0.6) is 0 Å². The lowest BCUT2D eigenvalue weighted by atomic mass is 10.4. The van der Waals surface area contributed by atoms with Gasteiger partial charge in [0.15, 0.2) is 0 Å². The second-order valence-electron chi connectivity index (χ2n) is 2.73. The predicted octanol–water partition coefficient (Wildman–Crippen LogP) is 2.14. The molecule has 0 unspecified atom stereocenters. The van der Waals surface area contributed by atoms with Crippen LogP contribution >= 0.6 is 11.6 Å². The molecule has 14 heavy (non-hydrogen) atoms. The van der Waals surface area contributed by atoms with Gasteiger partial charge in [0.25, 0.3) is 0 Å². The van der Waals surface area contributed by atoms with Crippen molar-refractivity contribution in [1.82, 2.24) is 4.31 Å². The molecule has 0 saturated carbocycles. The summed E-state index contributed by atoms with van der Waals surface area (Å²) >= 11 is 5.65. The van der Waals surface area contributed by atoms with E-state index in [2.05, 4.69) is 7.05 Å². The van der Waals surface area contributed by atoms with E-state index >= 15 is 0 Å². The summed E-state index contributed by atoms with van der Waals surface area (Å²) in [5.41, 5.74) is 0. The summed E-state index contributed by atoms with van der Waals surface area (Å²) in [7, 11) is -0.00284. The molecule has 0 atom stereocenters. The van der Waals surface area contributed by atoms with E-state index < -0.39 is 10.0 Å². The van der Waals surface area contributed by atoms with Gasteiger partial charge in [0.2, 0.25) is 10.0 Å². The van der Waals surface area contributed by atoms with Crippen LogP contribution in [0, 0.1) is 7.05 Å². The zero-order chi connectivity index (χ0) is 10.8. The lowest BCUT2D eigenvalue weighted by molar-refractivity contribution is 0.509. The van der Waals surface area contributed by atoms with E-state index in [4.69, 9.17) is 11.6 Å². The molecule has 0 heterocycles. The molecule has 0 aromatic heterocycles. The average molecular weight is 233 g/mol. The van der Waals surface area contributed by atoms with Gasteiger partial charge in [-0.15, -0.1) is 0 Å². The van der Waals surface area contributed by atoms with Gasteiger partial charge in [-0.05, 0) is 24.3 Å². The van der Waals surface area contributed by atoms with E-state index in [1.165, 1.54) is 24.3 Å². The van der Waals surface area contributed by atoms with Gasteiger partial charge in [-0.1, -0.05) is 18.5 Å². The summed E-state index contributed by atoms with van der Waals surface area (Å²) in [5.74, 6) is 0. The summed E-state index contributed by atoms with van der Waals surface area (Å²) in [6.45, 7) is 2.06. The van der Waals surface area contributed by atoms with Crippen molar-refractivity contribution in [2.45, 2.75) is 11.8 Å². The van der Waals surface area contributed by atoms with Crippen molar-refractivity contribution in [3.05, 3.63) is 36.3 Å². The van der Waals surface area contributed by atoms with Gasteiger partial charge in [0.1, 0.15) is 0 Å². The number of rotatable bonds is 3. The fraction of sp³-hybridized carbons (Fsp3) is 0.222. The second kappa shape index (κ2) is 4.29. The molecule has 0 N–H and O–H groups in total. The highest BCUT2D eigenvalue weighted by Gasteiger charge is 2.18. The molecule has 77 valence electrons. The monoisotopic (exact) mass is 232 g/mol. The smallest absolute Gasteiger partial charge is 0.207 e. The number of nitrogens with zero attached hydrogens (tertiary/aromatic N) is 1. The summed E-state index contributed by atoms with van der Waals surface area (Å²) in [4.78, 5) is 0.207. The van der Waals surface area contributed by atoms with E-state index in [-0.39, 0.29) is 4.90 Å². The minimum absolute atomic E-state index is 0.207. The van der Waals surface area contributed by atoms with Crippen LogP contribution in [0.3, 0.4) is 0 Å². The Morgan fingerprint density at radius 1 is 1.36 bits per heavy atom. The predicted molar refractivity (Wildman–Crippen MR) is 56.4 cm³/mol. The van der Waals surface area contributed by atoms with Crippen molar-refractivity contribution in [3.63, 3.8) is 0 Å². The second-order valence-corrected chi connectivity index (χ2v) is 5.10. The molecular formula is C9H11ClNO2S. The largest absolute Gasteiger partial charge is 0.243 e. The third-order valence-electron chi connectivity index (χ3n) is 1.80. The highest BCUT2D eigenvalue weighted by atomic mass is 35.5. The first-order chi connectivity index (χ1) is 6.48. The number of hydrogen-bond acceptors (Lipinski definition) is 2. The van der Waals surface area contributed by atoms with E-state index in [1.54, 1.807) is 6.92 Å². The van der Waals surface area contributed by atoms with Gasteiger partial charge >= 0.3 is 0 Å². The molecule has 0 bridgehead atoms. The fourth-order valence-corrected chi connectivity index (χ4v) is 2.17. The Balaban J connectivity index is 3.11. The van der Waals surface area contributed by atoms with Crippen LogP contribution in [0.15, 0.2) is 29.2 Å². The number of hydrogen-bond donors (Lipinski definition) is 0. The molecule has 1 aromatic rings. The van der Waals surface area contributed by atoms with Gasteiger partial charge in [-0.2, -0.15) is 4.31 Å². The number of halogens is 1. The third kappa shape index (κ3) is 2.26. The molecule has 1 rings (SSSR count). The first-order valence-electron chi connectivity index (χ1n) is 4.07. The van der Waals surface area contributed by atoms with Gasteiger partial charge in [0.05, 0.1) is 4.90 Å². The van der Waals surface area contributed by atoms with Gasteiger partial charge in [-0.3, -0.25) is 0 Å². The molecule has 1 aromatic carbocycles. The Morgan fingerprint density at radius 2 is 1.86 bits per heavy atom. The highest BCUT2D eigenvalue weighted by Crippen LogP contribution is 2.17. The van der Waals surface area contributed by atoms with Crippen LogP contribution in [0.2, 0.25) is 5.02 Å². The van der Waals surface area contributed by atoms with E-state index in [9.17, 15) is 8.42 Å². The van der Waals surface area contributed by atoms with E-state index in [0.717, 1.165) is 4.31 Å². The zero-order valence-corrected chi connectivity index (χ0v) is 9.35. The van der Waals surface area contributed by atoms with E-state index in [1.807, 2.05) is 0 Å². The van der Waals surface area contributed by atoms with Crippen molar-refractivity contribution in [1.29, 1.82) is 0 Å². The first kappa shape index (κ1) is 11.5. The maximum absolute atomic E-state index is 11.7. The Morgan fingerprint density at radius 3 is 2.29 bits per heavy atom. The van der Waals surface area contributed by atoms with Crippen molar-refractivity contribution in [2.24, 2.45) is 0 Å². The SMILES string of the molecule is [CH2]N(CC)S(=O)(=O)c1ccc(Cl)cc1. The molecule has 5 heteroatoms. The maximum Gasteiger partial charge on any atom is 0.243 e. The summed E-state index contributed by atoms with van der Waals surface area (Å²) in [5, 5.41) is 0.510. The Hall–Kier alpha value is -0.580. The van der Waals surface area contributed by atoms with Crippen molar-refractivity contribution < 1.29 is 8.42 Å². The van der Waals surface area contributed by atoms with Crippen LogP contribution in [0.25, 0.3) is 0 Å². The number of sulfonamides is 1. The molecule has 0 spiro atoms. The highest BCUT2D eigenvalue weighted by molar-refractivity contribution is 7.89. The Bertz CT molecular complexity index is 399. The first-order valence-corrected chi connectivity index (χ1v) is 5.89. The molecule has 0 amide bonds. The topological polar surface area (TPSA) is 37.4 Å². The average Bonchev–Trinajstić information content (AvgIpc) is 2.17. The van der Waals surface area contributed by atoms with Gasteiger partial charge in [-0.25, -0.2) is 8.42 Å². The summed E-state index contributed by atoms with van der Waals surface area (Å²) < 4.78 is 24.4. The molecule has 3 nitrogen and oxygen atoms in total. The van der Waals surface area contributed by atoms with E-state index in [0.29, 0.717) is 11.6 Å². The van der Waals surface area contributed by atoms with Gasteiger partial charge in [0, 0.05) is 18.6 Å². The van der Waals surface area contributed by atoms with Crippen LogP contribution in [0.1, 0.15) is 6.92 Å². The normalized spacial score (nSPS) is 12.0. The third-order valence-corrected chi connectivity index (χ3v) is 3.86. The molecule has 1 radical (unpaired) electrons. The Labute approximate surface area is 89.4 Å². The van der Waals surface area contributed by atoms with Crippen molar-refractivity contribution >= 4 is 21.6 Å². The van der Waals surface area contributed by atoms with Crippen molar-refractivity contribution in [3.8, 4) is 0 Å². The van der Waals surface area contributed by atoms with Crippen LogP contribution < -0.4 is 0 Å². The minimum Gasteiger partial charge on any atom is -0.207 e. The standard InChI is InChI=1S/C9H11ClNO2S/c1-3-11(2)14(12,13)9-6-4-8(10)5-7-9/h4-7H,2-3H2,1H3.